The average molecular weight is 241 g/mol. The van der Waals surface area contributed by atoms with Crippen molar-refractivity contribution in [3.63, 3.8) is 0 Å². The summed E-state index contributed by atoms with van der Waals surface area (Å²) in [5.41, 5.74) is 0.397. The molecule has 0 saturated heterocycles. The fourth-order valence-electron chi connectivity index (χ4n) is 2.36. The third-order valence-electron chi connectivity index (χ3n) is 3.51. The first-order chi connectivity index (χ1) is 8.01. The zero-order valence-electron chi connectivity index (χ0n) is 12.2. The summed E-state index contributed by atoms with van der Waals surface area (Å²) in [6.07, 6.45) is 8.02. The summed E-state index contributed by atoms with van der Waals surface area (Å²) in [6, 6.07) is 0.698. The predicted octanol–water partition coefficient (Wildman–Crippen LogP) is 3.75. The lowest BCUT2D eigenvalue weighted by Gasteiger charge is -2.30. The Morgan fingerprint density at radius 3 is 2.65 bits per heavy atom. The molecule has 1 fully saturated rings. The van der Waals surface area contributed by atoms with Crippen LogP contribution < -0.4 is 5.32 Å². The Hall–Kier alpha value is -0.0800. The molecule has 102 valence electrons. The molecule has 0 radical (unpaired) electrons. The standard InChI is InChI=1S/C15H31NO/c1-5-10-16-13-7-6-8-14(12-13)17-11-9-15(2,3)4/h13-14,16H,5-12H2,1-4H3. The lowest BCUT2D eigenvalue weighted by Crippen LogP contribution is -2.37. The summed E-state index contributed by atoms with van der Waals surface area (Å²) in [7, 11) is 0. The highest BCUT2D eigenvalue weighted by Crippen LogP contribution is 2.23. The summed E-state index contributed by atoms with van der Waals surface area (Å²) in [5.74, 6) is 0. The minimum atomic E-state index is 0.397. The van der Waals surface area contributed by atoms with Crippen LogP contribution >= 0.6 is 0 Å². The molecule has 2 heteroatoms. The van der Waals surface area contributed by atoms with Gasteiger partial charge in [-0.1, -0.05) is 27.7 Å². The van der Waals surface area contributed by atoms with Gasteiger partial charge in [-0.05, 0) is 50.5 Å². The van der Waals surface area contributed by atoms with E-state index in [4.69, 9.17) is 4.74 Å². The zero-order chi connectivity index (χ0) is 12.7. The zero-order valence-corrected chi connectivity index (χ0v) is 12.2. The van der Waals surface area contributed by atoms with Crippen molar-refractivity contribution in [1.29, 1.82) is 0 Å². The quantitative estimate of drug-likeness (QED) is 0.764. The molecule has 2 nitrogen and oxygen atoms in total. The molecule has 0 aliphatic heterocycles. The van der Waals surface area contributed by atoms with Gasteiger partial charge in [0.05, 0.1) is 6.10 Å². The Kier molecular flexibility index (Phi) is 6.50. The maximum atomic E-state index is 6.03. The molecule has 2 unspecified atom stereocenters. The van der Waals surface area contributed by atoms with E-state index < -0.39 is 0 Å². The van der Waals surface area contributed by atoms with Crippen LogP contribution in [0.1, 0.15) is 66.2 Å². The molecule has 1 aliphatic rings. The fourth-order valence-corrected chi connectivity index (χ4v) is 2.36. The van der Waals surface area contributed by atoms with Crippen LogP contribution in [0.2, 0.25) is 0 Å². The van der Waals surface area contributed by atoms with Crippen molar-refractivity contribution < 1.29 is 4.74 Å². The largest absolute Gasteiger partial charge is 0.378 e. The van der Waals surface area contributed by atoms with Crippen LogP contribution in [0.3, 0.4) is 0 Å². The van der Waals surface area contributed by atoms with Crippen LogP contribution in [0.15, 0.2) is 0 Å². The van der Waals surface area contributed by atoms with E-state index in [0.29, 0.717) is 17.6 Å². The number of rotatable bonds is 6. The minimum Gasteiger partial charge on any atom is -0.378 e. The smallest absolute Gasteiger partial charge is 0.0590 e. The molecule has 0 aromatic carbocycles. The first-order valence-corrected chi connectivity index (χ1v) is 7.36. The predicted molar refractivity (Wildman–Crippen MR) is 74.4 cm³/mol. The van der Waals surface area contributed by atoms with E-state index in [1.54, 1.807) is 0 Å². The highest BCUT2D eigenvalue weighted by atomic mass is 16.5. The van der Waals surface area contributed by atoms with Crippen molar-refractivity contribution in [3.05, 3.63) is 0 Å². The maximum Gasteiger partial charge on any atom is 0.0590 e. The minimum absolute atomic E-state index is 0.397. The average Bonchev–Trinajstić information content (AvgIpc) is 2.25. The van der Waals surface area contributed by atoms with Gasteiger partial charge < -0.3 is 10.1 Å². The second-order valence-electron chi connectivity index (χ2n) is 6.62. The van der Waals surface area contributed by atoms with Gasteiger partial charge in [0, 0.05) is 12.6 Å². The lowest BCUT2D eigenvalue weighted by atomic mass is 9.91. The Morgan fingerprint density at radius 1 is 1.24 bits per heavy atom. The van der Waals surface area contributed by atoms with Gasteiger partial charge in [0.15, 0.2) is 0 Å². The van der Waals surface area contributed by atoms with Gasteiger partial charge in [-0.2, -0.15) is 0 Å². The topological polar surface area (TPSA) is 21.3 Å². The molecule has 0 bridgehead atoms. The van der Waals surface area contributed by atoms with E-state index in [1.807, 2.05) is 0 Å². The van der Waals surface area contributed by atoms with Crippen molar-refractivity contribution in [2.75, 3.05) is 13.2 Å². The Morgan fingerprint density at radius 2 is 2.00 bits per heavy atom. The monoisotopic (exact) mass is 241 g/mol. The molecule has 0 amide bonds. The van der Waals surface area contributed by atoms with Crippen LogP contribution in [0.25, 0.3) is 0 Å². The Bertz CT molecular complexity index is 198. The van der Waals surface area contributed by atoms with Crippen LogP contribution in [0.4, 0.5) is 0 Å². The van der Waals surface area contributed by atoms with Gasteiger partial charge in [-0.15, -0.1) is 0 Å². The molecule has 1 aliphatic carbocycles. The van der Waals surface area contributed by atoms with Gasteiger partial charge in [0.1, 0.15) is 0 Å². The molecular formula is C15H31NO. The first kappa shape index (κ1) is 15.0. The lowest BCUT2D eigenvalue weighted by molar-refractivity contribution is 0.00817. The van der Waals surface area contributed by atoms with Gasteiger partial charge in [0.2, 0.25) is 0 Å². The third kappa shape index (κ3) is 7.05. The normalized spacial score (nSPS) is 26.1. The molecular weight excluding hydrogens is 210 g/mol. The van der Waals surface area contributed by atoms with E-state index in [2.05, 4.69) is 33.0 Å². The van der Waals surface area contributed by atoms with Gasteiger partial charge in [-0.25, -0.2) is 0 Å². The molecule has 0 heterocycles. The van der Waals surface area contributed by atoms with E-state index in [1.165, 1.54) is 32.1 Å². The number of nitrogens with one attached hydrogen (secondary N) is 1. The van der Waals surface area contributed by atoms with Gasteiger partial charge in [0.25, 0.3) is 0 Å². The highest BCUT2D eigenvalue weighted by Gasteiger charge is 2.22. The summed E-state index contributed by atoms with van der Waals surface area (Å²) in [4.78, 5) is 0. The van der Waals surface area contributed by atoms with E-state index in [9.17, 15) is 0 Å². The molecule has 17 heavy (non-hydrogen) atoms. The van der Waals surface area contributed by atoms with Gasteiger partial charge in [-0.3, -0.25) is 0 Å². The SMILES string of the molecule is CCCNC1CCCC(OCCC(C)(C)C)C1. The Balaban J connectivity index is 2.16. The van der Waals surface area contributed by atoms with Crippen LogP contribution in [-0.2, 0) is 4.74 Å². The summed E-state index contributed by atoms with van der Waals surface area (Å²) in [6.45, 7) is 11.1. The molecule has 0 spiro atoms. The van der Waals surface area contributed by atoms with E-state index in [0.717, 1.165) is 19.6 Å². The number of hydrogen-bond acceptors (Lipinski definition) is 2. The van der Waals surface area contributed by atoms with E-state index >= 15 is 0 Å². The molecule has 2 atom stereocenters. The highest BCUT2D eigenvalue weighted by molar-refractivity contribution is 4.78. The molecule has 1 saturated carbocycles. The first-order valence-electron chi connectivity index (χ1n) is 7.36. The van der Waals surface area contributed by atoms with Crippen molar-refractivity contribution >= 4 is 0 Å². The van der Waals surface area contributed by atoms with Gasteiger partial charge >= 0.3 is 0 Å². The maximum absolute atomic E-state index is 6.03. The second-order valence-corrected chi connectivity index (χ2v) is 6.62. The van der Waals surface area contributed by atoms with Crippen LogP contribution in [0, 0.1) is 5.41 Å². The second kappa shape index (κ2) is 7.38. The number of hydrogen-bond donors (Lipinski definition) is 1. The number of ether oxygens (including phenoxy) is 1. The third-order valence-corrected chi connectivity index (χ3v) is 3.51. The summed E-state index contributed by atoms with van der Waals surface area (Å²) in [5, 5.41) is 3.63. The molecule has 0 aromatic rings. The molecule has 0 aromatic heterocycles. The van der Waals surface area contributed by atoms with E-state index in [-0.39, 0.29) is 0 Å². The fraction of sp³-hybridized carbons (Fsp3) is 1.00. The Labute approximate surface area is 108 Å². The molecule has 1 N–H and O–H groups in total. The van der Waals surface area contributed by atoms with Crippen molar-refractivity contribution in [2.45, 2.75) is 78.4 Å². The van der Waals surface area contributed by atoms with Crippen molar-refractivity contribution in [2.24, 2.45) is 5.41 Å². The summed E-state index contributed by atoms with van der Waals surface area (Å²) >= 11 is 0. The van der Waals surface area contributed by atoms with Crippen LogP contribution in [0.5, 0.6) is 0 Å². The summed E-state index contributed by atoms with van der Waals surface area (Å²) < 4.78 is 6.03. The van der Waals surface area contributed by atoms with Crippen molar-refractivity contribution in [1.82, 2.24) is 5.32 Å². The van der Waals surface area contributed by atoms with Crippen LogP contribution in [-0.4, -0.2) is 25.3 Å². The van der Waals surface area contributed by atoms with Crippen molar-refractivity contribution in [3.8, 4) is 0 Å². The molecule has 1 rings (SSSR count).